The van der Waals surface area contributed by atoms with Crippen LogP contribution in [0.25, 0.3) is 22.3 Å². The zero-order valence-electron chi connectivity index (χ0n) is 22.8. The quantitative estimate of drug-likeness (QED) is 0.238. The summed E-state index contributed by atoms with van der Waals surface area (Å²) in [6.45, 7) is 3.25. The molecule has 1 amide bonds. The molecule has 1 saturated heterocycles. The minimum atomic E-state index is -4.64. The normalized spacial score (nSPS) is 17.3. The number of carbonyl (C=O) groups excluding carboxylic acids is 1. The number of ether oxygens (including phenoxy) is 1. The van der Waals surface area contributed by atoms with Crippen molar-refractivity contribution < 1.29 is 31.5 Å². The number of aromatic nitrogens is 3. The van der Waals surface area contributed by atoms with E-state index in [1.165, 1.54) is 36.9 Å². The molecule has 0 aliphatic carbocycles. The number of alkyl halides is 3. The highest BCUT2D eigenvalue weighted by Gasteiger charge is 2.48. The molecule has 0 saturated carbocycles. The highest BCUT2D eigenvalue weighted by molar-refractivity contribution is 6.05. The van der Waals surface area contributed by atoms with E-state index < -0.39 is 42.2 Å². The van der Waals surface area contributed by atoms with E-state index >= 15 is 4.39 Å². The topological polar surface area (TPSA) is 77.0 Å². The SMILES string of the molecule is CC(C)c1ncc(C(=O)Nc2ccc(-c3cc(F)ccc3F)c(-c3cccnc3)c2C2CCOCC2C(F)(F)F)cn1. The standard InChI is InChI=1S/C31H27F5N4O2/c1-17(2)29-38-14-19(15-39-29)30(41)40-26-8-6-21(23-12-20(32)5-7-25(23)33)27(18-4-3-10-37-13-18)28(26)22-9-11-42-16-24(22)31(34,35)36/h3-8,10,12-15,17,22,24H,9,11,16H2,1-2H3,(H,40,41). The molecule has 1 N–H and O–H groups in total. The van der Waals surface area contributed by atoms with E-state index in [2.05, 4.69) is 20.3 Å². The molecule has 2 unspecified atom stereocenters. The predicted molar refractivity (Wildman–Crippen MR) is 147 cm³/mol. The summed E-state index contributed by atoms with van der Waals surface area (Å²) in [5.41, 5.74) is 0.924. The van der Waals surface area contributed by atoms with Crippen molar-refractivity contribution in [1.82, 2.24) is 15.0 Å². The Labute approximate surface area is 239 Å². The fraction of sp³-hybridized carbons (Fsp3) is 0.290. The average molecular weight is 583 g/mol. The first-order chi connectivity index (χ1) is 20.0. The first-order valence-electron chi connectivity index (χ1n) is 13.3. The molecular formula is C31H27F5N4O2. The molecule has 5 rings (SSSR count). The van der Waals surface area contributed by atoms with Crippen molar-refractivity contribution in [2.24, 2.45) is 5.92 Å². The van der Waals surface area contributed by atoms with Crippen molar-refractivity contribution in [3.63, 3.8) is 0 Å². The Hall–Kier alpha value is -4.25. The van der Waals surface area contributed by atoms with Crippen LogP contribution in [0.5, 0.6) is 0 Å². The van der Waals surface area contributed by atoms with Gasteiger partial charge < -0.3 is 10.1 Å². The van der Waals surface area contributed by atoms with E-state index in [4.69, 9.17) is 4.74 Å². The molecule has 2 aromatic heterocycles. The first kappa shape index (κ1) is 29.2. The molecule has 0 radical (unpaired) electrons. The maximum Gasteiger partial charge on any atom is 0.394 e. The number of nitrogens with zero attached hydrogens (tertiary/aromatic N) is 3. The van der Waals surface area contributed by atoms with Gasteiger partial charge in [-0.05, 0) is 53.4 Å². The zero-order chi connectivity index (χ0) is 30.0. The predicted octanol–water partition coefficient (Wildman–Crippen LogP) is 7.54. The number of benzene rings is 2. The van der Waals surface area contributed by atoms with Gasteiger partial charge in [-0.25, -0.2) is 18.7 Å². The number of hydrogen-bond donors (Lipinski definition) is 1. The van der Waals surface area contributed by atoms with Gasteiger partial charge in [0.05, 0.1) is 18.1 Å². The van der Waals surface area contributed by atoms with Crippen LogP contribution in [0.3, 0.4) is 0 Å². The zero-order valence-corrected chi connectivity index (χ0v) is 22.8. The Morgan fingerprint density at radius 2 is 1.79 bits per heavy atom. The van der Waals surface area contributed by atoms with E-state index in [0.29, 0.717) is 11.4 Å². The monoisotopic (exact) mass is 582 g/mol. The lowest BCUT2D eigenvalue weighted by atomic mass is 9.76. The Balaban J connectivity index is 1.75. The molecule has 1 fully saturated rings. The van der Waals surface area contributed by atoms with Gasteiger partial charge in [0.1, 0.15) is 17.5 Å². The number of amides is 1. The molecular weight excluding hydrogens is 555 g/mol. The van der Waals surface area contributed by atoms with Gasteiger partial charge in [0.25, 0.3) is 5.91 Å². The number of hydrogen-bond acceptors (Lipinski definition) is 5. The van der Waals surface area contributed by atoms with Crippen molar-refractivity contribution in [2.75, 3.05) is 18.5 Å². The van der Waals surface area contributed by atoms with Gasteiger partial charge in [0.2, 0.25) is 0 Å². The van der Waals surface area contributed by atoms with E-state index in [9.17, 15) is 22.4 Å². The highest BCUT2D eigenvalue weighted by atomic mass is 19.4. The number of nitrogens with one attached hydrogen (secondary N) is 1. The van der Waals surface area contributed by atoms with Crippen LogP contribution < -0.4 is 5.32 Å². The summed E-state index contributed by atoms with van der Waals surface area (Å²) in [5, 5.41) is 2.74. The fourth-order valence-electron chi connectivity index (χ4n) is 5.22. The second kappa shape index (κ2) is 11.9. The molecule has 1 aliphatic heterocycles. The fourth-order valence-corrected chi connectivity index (χ4v) is 5.22. The summed E-state index contributed by atoms with van der Waals surface area (Å²) in [7, 11) is 0. The first-order valence-corrected chi connectivity index (χ1v) is 13.3. The van der Waals surface area contributed by atoms with E-state index in [1.54, 1.807) is 12.1 Å². The van der Waals surface area contributed by atoms with Gasteiger partial charge in [0.15, 0.2) is 0 Å². The van der Waals surface area contributed by atoms with Crippen LogP contribution >= 0.6 is 0 Å². The number of rotatable bonds is 6. The lowest BCUT2D eigenvalue weighted by Crippen LogP contribution is -2.37. The Morgan fingerprint density at radius 3 is 2.45 bits per heavy atom. The molecule has 0 spiro atoms. The number of pyridine rings is 1. The van der Waals surface area contributed by atoms with Crippen LogP contribution in [-0.4, -0.2) is 40.2 Å². The van der Waals surface area contributed by atoms with Crippen LogP contribution in [0.1, 0.15) is 53.8 Å². The minimum Gasteiger partial charge on any atom is -0.381 e. The largest absolute Gasteiger partial charge is 0.394 e. The van der Waals surface area contributed by atoms with Crippen molar-refractivity contribution in [3.8, 4) is 22.3 Å². The third-order valence-electron chi connectivity index (χ3n) is 7.26. The lowest BCUT2D eigenvalue weighted by molar-refractivity contribution is -0.205. The van der Waals surface area contributed by atoms with Gasteiger partial charge in [-0.3, -0.25) is 9.78 Å². The second-order valence-corrected chi connectivity index (χ2v) is 10.4. The van der Waals surface area contributed by atoms with Crippen LogP contribution in [-0.2, 0) is 4.74 Å². The van der Waals surface area contributed by atoms with Gasteiger partial charge in [-0.1, -0.05) is 26.0 Å². The maximum absolute atomic E-state index is 15.1. The molecule has 2 atom stereocenters. The number of anilines is 1. The van der Waals surface area contributed by atoms with Crippen molar-refractivity contribution in [2.45, 2.75) is 38.3 Å². The Morgan fingerprint density at radius 1 is 1.02 bits per heavy atom. The van der Waals surface area contributed by atoms with Crippen molar-refractivity contribution in [1.29, 1.82) is 0 Å². The molecule has 11 heteroatoms. The lowest BCUT2D eigenvalue weighted by Gasteiger charge is -2.36. The van der Waals surface area contributed by atoms with Crippen LogP contribution in [0.4, 0.5) is 27.6 Å². The number of halogens is 5. The molecule has 42 heavy (non-hydrogen) atoms. The van der Waals surface area contributed by atoms with E-state index in [-0.39, 0.29) is 52.5 Å². The molecule has 6 nitrogen and oxygen atoms in total. The highest BCUT2D eigenvalue weighted by Crippen LogP contribution is 2.50. The summed E-state index contributed by atoms with van der Waals surface area (Å²) < 4.78 is 77.9. The van der Waals surface area contributed by atoms with E-state index in [0.717, 1.165) is 18.2 Å². The third kappa shape index (κ3) is 6.01. The summed E-state index contributed by atoms with van der Waals surface area (Å²) >= 11 is 0. The number of carbonyl (C=O) groups is 1. The minimum absolute atomic E-state index is 0.0262. The Kier molecular flexibility index (Phi) is 8.31. The summed E-state index contributed by atoms with van der Waals surface area (Å²) in [4.78, 5) is 25.9. The van der Waals surface area contributed by atoms with Gasteiger partial charge >= 0.3 is 6.18 Å². The second-order valence-electron chi connectivity index (χ2n) is 10.4. The van der Waals surface area contributed by atoms with E-state index in [1.807, 2.05) is 13.8 Å². The van der Waals surface area contributed by atoms with Gasteiger partial charge in [-0.2, -0.15) is 13.2 Å². The van der Waals surface area contributed by atoms with Crippen molar-refractivity contribution in [3.05, 3.63) is 95.8 Å². The third-order valence-corrected chi connectivity index (χ3v) is 7.26. The maximum atomic E-state index is 15.1. The van der Waals surface area contributed by atoms with Gasteiger partial charge in [-0.15, -0.1) is 0 Å². The summed E-state index contributed by atoms with van der Waals surface area (Å²) in [6.07, 6.45) is 0.961. The van der Waals surface area contributed by atoms with Crippen LogP contribution in [0.15, 0.2) is 67.3 Å². The molecule has 0 bridgehead atoms. The average Bonchev–Trinajstić information content (AvgIpc) is 2.98. The summed E-state index contributed by atoms with van der Waals surface area (Å²) in [5.74, 6) is -4.65. The molecule has 3 heterocycles. The van der Waals surface area contributed by atoms with Gasteiger partial charge in [0, 0.05) is 60.0 Å². The Bertz CT molecular complexity index is 1580. The molecule has 4 aromatic rings. The summed E-state index contributed by atoms with van der Waals surface area (Å²) in [6, 6.07) is 9.00. The molecule has 1 aliphatic rings. The molecule has 2 aromatic carbocycles. The molecule has 218 valence electrons. The van der Waals surface area contributed by atoms with Crippen LogP contribution in [0, 0.1) is 17.6 Å². The van der Waals surface area contributed by atoms with Crippen molar-refractivity contribution >= 4 is 11.6 Å². The van der Waals surface area contributed by atoms with Crippen LogP contribution in [0.2, 0.25) is 0 Å². The smallest absolute Gasteiger partial charge is 0.381 e.